The number of ketones is 1. The third kappa shape index (κ3) is 2.76. The molecule has 128 valence electrons. The third-order valence-electron chi connectivity index (χ3n) is 4.13. The molecule has 1 unspecified atom stereocenters. The number of aliphatic hydroxyl groups excluding tert-OH is 1. The Hall–Kier alpha value is -3.15. The first kappa shape index (κ1) is 16.7. The summed E-state index contributed by atoms with van der Waals surface area (Å²) < 4.78 is 18.6. The zero-order valence-corrected chi connectivity index (χ0v) is 13.7. The largest absolute Gasteiger partial charge is 0.503 e. The highest BCUT2D eigenvalue weighted by molar-refractivity contribution is 6.16. The van der Waals surface area contributed by atoms with Crippen molar-refractivity contribution in [3.05, 3.63) is 71.2 Å². The van der Waals surface area contributed by atoms with Gasteiger partial charge >= 0.3 is 0 Å². The van der Waals surface area contributed by atoms with E-state index < -0.39 is 29.3 Å². The van der Waals surface area contributed by atoms with Crippen LogP contribution >= 0.6 is 0 Å². The van der Waals surface area contributed by atoms with Crippen LogP contribution in [0.15, 0.2) is 59.9 Å². The number of halogens is 1. The Morgan fingerprint density at radius 1 is 1.16 bits per heavy atom. The fourth-order valence-corrected chi connectivity index (χ4v) is 3.02. The predicted molar refractivity (Wildman–Crippen MR) is 90.0 cm³/mol. The van der Waals surface area contributed by atoms with Crippen molar-refractivity contribution in [1.82, 2.24) is 0 Å². The van der Waals surface area contributed by atoms with Crippen LogP contribution in [0.1, 0.15) is 18.5 Å². The number of carbonyl (C=O) groups excluding carboxylic acids is 2. The molecule has 1 heterocycles. The lowest BCUT2D eigenvalue weighted by molar-refractivity contribution is -0.117. The topological polar surface area (TPSA) is 66.8 Å². The minimum absolute atomic E-state index is 0.0150. The zero-order chi connectivity index (χ0) is 18.1. The van der Waals surface area contributed by atoms with Crippen molar-refractivity contribution < 1.29 is 23.8 Å². The fourth-order valence-electron chi connectivity index (χ4n) is 3.02. The van der Waals surface area contributed by atoms with Gasteiger partial charge < -0.3 is 9.84 Å². The van der Waals surface area contributed by atoms with Crippen LogP contribution in [-0.2, 0) is 9.59 Å². The van der Waals surface area contributed by atoms with Gasteiger partial charge in [0.1, 0.15) is 11.6 Å². The second-order valence-electron chi connectivity index (χ2n) is 5.61. The van der Waals surface area contributed by atoms with Gasteiger partial charge in [0.2, 0.25) is 0 Å². The van der Waals surface area contributed by atoms with E-state index in [1.165, 1.54) is 43.2 Å². The number of anilines is 1. The maximum absolute atomic E-state index is 13.3. The van der Waals surface area contributed by atoms with Gasteiger partial charge in [0.05, 0.1) is 18.7 Å². The van der Waals surface area contributed by atoms with E-state index in [0.717, 1.165) is 0 Å². The van der Waals surface area contributed by atoms with Crippen LogP contribution in [0.5, 0.6) is 5.75 Å². The summed E-state index contributed by atoms with van der Waals surface area (Å²) in [6, 6.07) is 11.3. The molecule has 0 fully saturated rings. The summed E-state index contributed by atoms with van der Waals surface area (Å²) in [5, 5.41) is 10.3. The van der Waals surface area contributed by atoms with Gasteiger partial charge in [-0.2, -0.15) is 0 Å². The van der Waals surface area contributed by atoms with E-state index in [-0.39, 0.29) is 5.57 Å². The number of hydrogen-bond donors (Lipinski definition) is 1. The monoisotopic (exact) mass is 341 g/mol. The number of Topliss-reactive ketones (excluding diaryl/α,β-unsaturated/α-hetero) is 1. The molecule has 1 amide bonds. The van der Waals surface area contributed by atoms with E-state index in [2.05, 4.69) is 0 Å². The third-order valence-corrected chi connectivity index (χ3v) is 4.13. The molecule has 1 atom stereocenters. The maximum atomic E-state index is 13.3. The molecular weight excluding hydrogens is 325 g/mol. The number of rotatable bonds is 4. The molecule has 0 aromatic heterocycles. The van der Waals surface area contributed by atoms with Gasteiger partial charge in [-0.1, -0.05) is 18.2 Å². The van der Waals surface area contributed by atoms with Gasteiger partial charge in [-0.15, -0.1) is 0 Å². The van der Waals surface area contributed by atoms with Crippen LogP contribution in [0, 0.1) is 5.82 Å². The molecule has 1 N–H and O–H groups in total. The normalized spacial score (nSPS) is 17.2. The van der Waals surface area contributed by atoms with Crippen LogP contribution in [0.2, 0.25) is 0 Å². The van der Waals surface area contributed by atoms with Gasteiger partial charge in [0, 0.05) is 11.3 Å². The number of para-hydroxylation sites is 1. The Morgan fingerprint density at radius 3 is 2.40 bits per heavy atom. The van der Waals surface area contributed by atoms with Crippen LogP contribution in [0.4, 0.5) is 10.1 Å². The number of hydrogen-bond acceptors (Lipinski definition) is 4. The zero-order valence-electron chi connectivity index (χ0n) is 13.7. The highest BCUT2D eigenvalue weighted by atomic mass is 19.1. The molecule has 0 bridgehead atoms. The Morgan fingerprint density at radius 2 is 1.80 bits per heavy atom. The van der Waals surface area contributed by atoms with Gasteiger partial charge in [-0.05, 0) is 37.3 Å². The molecular formula is C19H16FNO4. The Kier molecular flexibility index (Phi) is 4.27. The number of ether oxygens (including phenoxy) is 1. The summed E-state index contributed by atoms with van der Waals surface area (Å²) in [4.78, 5) is 26.0. The van der Waals surface area contributed by atoms with Gasteiger partial charge in [0.25, 0.3) is 5.91 Å². The van der Waals surface area contributed by atoms with E-state index in [1.54, 1.807) is 24.3 Å². The van der Waals surface area contributed by atoms with Crippen molar-refractivity contribution in [1.29, 1.82) is 0 Å². The molecule has 25 heavy (non-hydrogen) atoms. The maximum Gasteiger partial charge on any atom is 0.294 e. The summed E-state index contributed by atoms with van der Waals surface area (Å²) in [5.74, 6) is -1.72. The summed E-state index contributed by atoms with van der Waals surface area (Å²) >= 11 is 0. The first-order valence-electron chi connectivity index (χ1n) is 7.61. The number of methoxy groups -OCH3 is 1. The first-order chi connectivity index (χ1) is 12.0. The number of carbonyl (C=O) groups is 2. The van der Waals surface area contributed by atoms with E-state index in [9.17, 15) is 19.1 Å². The van der Waals surface area contributed by atoms with Crippen molar-refractivity contribution >= 4 is 17.4 Å². The number of aliphatic hydroxyl groups is 1. The molecule has 0 saturated carbocycles. The lowest BCUT2D eigenvalue weighted by Crippen LogP contribution is -2.31. The molecule has 5 nitrogen and oxygen atoms in total. The highest BCUT2D eigenvalue weighted by Gasteiger charge is 2.44. The average molecular weight is 341 g/mol. The van der Waals surface area contributed by atoms with Crippen LogP contribution < -0.4 is 9.64 Å². The molecule has 2 aromatic rings. The Labute approximate surface area is 144 Å². The molecule has 0 saturated heterocycles. The van der Waals surface area contributed by atoms with E-state index >= 15 is 0 Å². The number of nitrogens with zero attached hydrogens (tertiary/aromatic N) is 1. The quantitative estimate of drug-likeness (QED) is 0.926. The van der Waals surface area contributed by atoms with E-state index in [4.69, 9.17) is 4.74 Å². The second kappa shape index (κ2) is 6.39. The molecule has 6 heteroatoms. The SMILES string of the molecule is COc1ccccc1C1C(C(C)=O)=C(O)C(=O)N1c1ccc(F)cc1. The number of amides is 1. The average Bonchev–Trinajstić information content (AvgIpc) is 2.87. The van der Waals surface area contributed by atoms with Crippen molar-refractivity contribution in [3.8, 4) is 5.75 Å². The summed E-state index contributed by atoms with van der Waals surface area (Å²) in [7, 11) is 1.48. The fraction of sp³-hybridized carbons (Fsp3) is 0.158. The molecule has 3 rings (SSSR count). The van der Waals surface area contributed by atoms with Crippen molar-refractivity contribution in [2.75, 3.05) is 12.0 Å². The standard InChI is InChI=1S/C19H16FNO4/c1-11(22)16-17(14-5-3-4-6-15(14)25-2)21(19(24)18(16)23)13-9-7-12(20)8-10-13/h3-10,17,23H,1-2H3. The van der Waals surface area contributed by atoms with Crippen LogP contribution in [0.3, 0.4) is 0 Å². The second-order valence-corrected chi connectivity index (χ2v) is 5.61. The van der Waals surface area contributed by atoms with E-state index in [0.29, 0.717) is 17.0 Å². The lowest BCUT2D eigenvalue weighted by atomic mass is 9.95. The minimum atomic E-state index is -0.855. The predicted octanol–water partition coefficient (Wildman–Crippen LogP) is 3.32. The first-order valence-corrected chi connectivity index (χ1v) is 7.61. The Balaban J connectivity index is 2.22. The smallest absolute Gasteiger partial charge is 0.294 e. The molecule has 0 aliphatic carbocycles. The molecule has 1 aliphatic heterocycles. The molecule has 0 spiro atoms. The highest BCUT2D eigenvalue weighted by Crippen LogP contribution is 2.43. The van der Waals surface area contributed by atoms with Gasteiger partial charge in [-0.3, -0.25) is 14.5 Å². The summed E-state index contributed by atoms with van der Waals surface area (Å²) in [6.45, 7) is 1.29. The molecule has 2 aromatic carbocycles. The van der Waals surface area contributed by atoms with Crippen LogP contribution in [-0.4, -0.2) is 23.9 Å². The van der Waals surface area contributed by atoms with E-state index in [1.807, 2.05) is 0 Å². The number of benzene rings is 2. The van der Waals surface area contributed by atoms with Gasteiger partial charge in [0.15, 0.2) is 11.5 Å². The minimum Gasteiger partial charge on any atom is -0.503 e. The lowest BCUT2D eigenvalue weighted by Gasteiger charge is -2.27. The van der Waals surface area contributed by atoms with Crippen molar-refractivity contribution in [3.63, 3.8) is 0 Å². The molecule has 1 aliphatic rings. The van der Waals surface area contributed by atoms with Crippen LogP contribution in [0.25, 0.3) is 0 Å². The van der Waals surface area contributed by atoms with Crippen molar-refractivity contribution in [2.45, 2.75) is 13.0 Å². The van der Waals surface area contributed by atoms with Crippen molar-refractivity contribution in [2.24, 2.45) is 0 Å². The summed E-state index contributed by atoms with van der Waals surface area (Å²) in [5.41, 5.74) is 0.904. The summed E-state index contributed by atoms with van der Waals surface area (Å²) in [6.07, 6.45) is 0. The molecule has 0 radical (unpaired) electrons. The Bertz CT molecular complexity index is 873. The van der Waals surface area contributed by atoms with Gasteiger partial charge in [-0.25, -0.2) is 4.39 Å².